The van der Waals surface area contributed by atoms with Crippen LogP contribution < -0.4 is 25.6 Å². The number of anilines is 5. The van der Waals surface area contributed by atoms with E-state index in [1.807, 2.05) is 13.0 Å². The lowest BCUT2D eigenvalue weighted by molar-refractivity contribution is -0.274. The van der Waals surface area contributed by atoms with Crippen molar-refractivity contribution in [3.8, 4) is 5.75 Å². The number of ether oxygens (including phenoxy) is 1. The van der Waals surface area contributed by atoms with Crippen molar-refractivity contribution in [2.45, 2.75) is 27.1 Å². The fourth-order valence-electron chi connectivity index (χ4n) is 3.14. The van der Waals surface area contributed by atoms with Crippen molar-refractivity contribution in [3.63, 3.8) is 0 Å². The summed E-state index contributed by atoms with van der Waals surface area (Å²) in [5.41, 5.74) is 1.62. The predicted octanol–water partition coefficient (Wildman–Crippen LogP) is 5.92. The third-order valence-electron chi connectivity index (χ3n) is 4.67. The van der Waals surface area contributed by atoms with E-state index in [0.29, 0.717) is 23.0 Å². The van der Waals surface area contributed by atoms with Crippen molar-refractivity contribution in [1.82, 2.24) is 9.97 Å². The Kier molecular flexibility index (Phi) is 7.77. The number of halogens is 3. The largest absolute Gasteiger partial charge is 0.573 e. The Bertz CT molecular complexity index is 1100. The Labute approximate surface area is 195 Å². The molecular formula is C23H25F3N6O2. The molecule has 3 rings (SSSR count). The standard InChI is InChI=1S/C23H25F3N6O2/c1-4-32(5-2)21-14-20(27-15(3)28-21)29-16-6-8-17(9-7-16)30-22(33)31-18-10-12-19(13-11-18)34-23(24,25)26/h6-14H,4-5H2,1-3H3,(H,27,28,29)(H2,30,31,33). The number of nitrogens with zero attached hydrogens (tertiary/aromatic N) is 3. The zero-order chi connectivity index (χ0) is 24.7. The van der Waals surface area contributed by atoms with Crippen LogP contribution in [0.5, 0.6) is 5.75 Å². The van der Waals surface area contributed by atoms with E-state index in [2.05, 4.69) is 49.4 Å². The van der Waals surface area contributed by atoms with Crippen LogP contribution in [-0.4, -0.2) is 35.5 Å². The lowest BCUT2D eigenvalue weighted by Gasteiger charge is -2.20. The van der Waals surface area contributed by atoms with Crippen molar-refractivity contribution in [1.29, 1.82) is 0 Å². The monoisotopic (exact) mass is 474 g/mol. The van der Waals surface area contributed by atoms with Gasteiger partial charge in [0.1, 0.15) is 23.2 Å². The van der Waals surface area contributed by atoms with E-state index in [1.54, 1.807) is 24.3 Å². The summed E-state index contributed by atoms with van der Waals surface area (Å²) < 4.78 is 40.5. The summed E-state index contributed by atoms with van der Waals surface area (Å²) in [6, 6.07) is 13.2. The van der Waals surface area contributed by atoms with Crippen LogP contribution in [0.25, 0.3) is 0 Å². The molecule has 0 aliphatic rings. The van der Waals surface area contributed by atoms with Crippen LogP contribution in [-0.2, 0) is 0 Å². The topological polar surface area (TPSA) is 91.4 Å². The molecule has 11 heteroatoms. The molecule has 0 saturated heterocycles. The molecular weight excluding hydrogens is 449 g/mol. The summed E-state index contributed by atoms with van der Waals surface area (Å²) in [5.74, 6) is 1.78. The van der Waals surface area contributed by atoms with Crippen LogP contribution in [0, 0.1) is 6.92 Å². The molecule has 34 heavy (non-hydrogen) atoms. The van der Waals surface area contributed by atoms with Crippen LogP contribution in [0.4, 0.5) is 46.7 Å². The molecule has 0 spiro atoms. The van der Waals surface area contributed by atoms with Gasteiger partial charge in [0, 0.05) is 36.2 Å². The summed E-state index contributed by atoms with van der Waals surface area (Å²) in [5, 5.41) is 8.44. The third-order valence-corrected chi connectivity index (χ3v) is 4.67. The molecule has 2 amide bonds. The molecule has 0 aliphatic carbocycles. The lowest BCUT2D eigenvalue weighted by atomic mass is 10.2. The summed E-state index contributed by atoms with van der Waals surface area (Å²) in [6.45, 7) is 7.63. The Morgan fingerprint density at radius 2 is 1.44 bits per heavy atom. The first-order valence-corrected chi connectivity index (χ1v) is 10.6. The molecule has 0 fully saturated rings. The second-order valence-electron chi connectivity index (χ2n) is 7.18. The average molecular weight is 474 g/mol. The van der Waals surface area contributed by atoms with E-state index in [9.17, 15) is 18.0 Å². The second-order valence-corrected chi connectivity index (χ2v) is 7.18. The maximum atomic E-state index is 12.2. The van der Waals surface area contributed by atoms with Crippen LogP contribution in [0.3, 0.4) is 0 Å². The molecule has 1 heterocycles. The molecule has 2 aromatic carbocycles. The molecule has 0 radical (unpaired) electrons. The Morgan fingerprint density at radius 3 is 1.97 bits per heavy atom. The maximum absolute atomic E-state index is 12.2. The number of urea groups is 1. The summed E-state index contributed by atoms with van der Waals surface area (Å²) >= 11 is 0. The van der Waals surface area contributed by atoms with Gasteiger partial charge in [0.05, 0.1) is 0 Å². The molecule has 0 saturated carbocycles. The minimum Gasteiger partial charge on any atom is -0.406 e. The van der Waals surface area contributed by atoms with E-state index >= 15 is 0 Å². The van der Waals surface area contributed by atoms with Crippen molar-refractivity contribution < 1.29 is 22.7 Å². The Morgan fingerprint density at radius 1 is 0.912 bits per heavy atom. The van der Waals surface area contributed by atoms with Gasteiger partial charge in [-0.2, -0.15) is 0 Å². The number of aryl methyl sites for hydroxylation is 1. The van der Waals surface area contributed by atoms with Gasteiger partial charge in [-0.05, 0) is 69.3 Å². The highest BCUT2D eigenvalue weighted by atomic mass is 19.4. The summed E-state index contributed by atoms with van der Waals surface area (Å²) in [4.78, 5) is 23.2. The zero-order valence-corrected chi connectivity index (χ0v) is 18.9. The first-order valence-electron chi connectivity index (χ1n) is 10.6. The molecule has 180 valence electrons. The first-order chi connectivity index (χ1) is 16.1. The van der Waals surface area contributed by atoms with Gasteiger partial charge < -0.3 is 25.6 Å². The van der Waals surface area contributed by atoms with Gasteiger partial charge in [-0.1, -0.05) is 0 Å². The second kappa shape index (κ2) is 10.7. The zero-order valence-electron chi connectivity index (χ0n) is 18.9. The highest BCUT2D eigenvalue weighted by Crippen LogP contribution is 2.24. The minimum atomic E-state index is -4.77. The van der Waals surface area contributed by atoms with Crippen LogP contribution in [0.15, 0.2) is 54.6 Å². The third kappa shape index (κ3) is 7.26. The number of nitrogens with one attached hydrogen (secondary N) is 3. The van der Waals surface area contributed by atoms with E-state index in [0.717, 1.165) is 36.7 Å². The van der Waals surface area contributed by atoms with Crippen molar-refractivity contribution in [3.05, 3.63) is 60.4 Å². The molecule has 0 unspecified atom stereocenters. The molecule has 3 aromatic rings. The van der Waals surface area contributed by atoms with Crippen molar-refractivity contribution >= 4 is 34.7 Å². The molecule has 0 bridgehead atoms. The minimum absolute atomic E-state index is 0.313. The molecule has 0 atom stereocenters. The number of benzene rings is 2. The maximum Gasteiger partial charge on any atom is 0.573 e. The van der Waals surface area contributed by atoms with Gasteiger partial charge in [-0.3, -0.25) is 0 Å². The number of hydrogen-bond acceptors (Lipinski definition) is 6. The van der Waals surface area contributed by atoms with Crippen LogP contribution in [0.1, 0.15) is 19.7 Å². The lowest BCUT2D eigenvalue weighted by Crippen LogP contribution is -2.23. The quantitative estimate of drug-likeness (QED) is 0.376. The van der Waals surface area contributed by atoms with Gasteiger partial charge in [0.2, 0.25) is 0 Å². The highest BCUT2D eigenvalue weighted by molar-refractivity contribution is 5.99. The highest BCUT2D eigenvalue weighted by Gasteiger charge is 2.30. The van der Waals surface area contributed by atoms with Gasteiger partial charge in [-0.15, -0.1) is 13.2 Å². The molecule has 3 N–H and O–H groups in total. The summed E-state index contributed by atoms with van der Waals surface area (Å²) in [6.07, 6.45) is -4.77. The van der Waals surface area contributed by atoms with Gasteiger partial charge in [0.15, 0.2) is 0 Å². The summed E-state index contributed by atoms with van der Waals surface area (Å²) in [7, 11) is 0. The fourth-order valence-corrected chi connectivity index (χ4v) is 3.14. The van der Waals surface area contributed by atoms with Crippen LogP contribution in [0.2, 0.25) is 0 Å². The number of carbonyl (C=O) groups is 1. The number of aromatic nitrogens is 2. The van der Waals surface area contributed by atoms with E-state index in [-0.39, 0.29) is 5.75 Å². The van der Waals surface area contributed by atoms with Crippen molar-refractivity contribution in [2.24, 2.45) is 0 Å². The van der Waals surface area contributed by atoms with Crippen molar-refractivity contribution in [2.75, 3.05) is 33.9 Å². The smallest absolute Gasteiger partial charge is 0.406 e. The SMILES string of the molecule is CCN(CC)c1cc(Nc2ccc(NC(=O)Nc3ccc(OC(F)(F)F)cc3)cc2)nc(C)n1. The fraction of sp³-hybridized carbons (Fsp3) is 0.261. The normalized spacial score (nSPS) is 11.0. The van der Waals surface area contributed by atoms with E-state index in [4.69, 9.17) is 0 Å². The average Bonchev–Trinajstić information content (AvgIpc) is 2.76. The molecule has 1 aromatic heterocycles. The number of hydrogen-bond donors (Lipinski definition) is 3. The van der Waals surface area contributed by atoms with Crippen LogP contribution >= 0.6 is 0 Å². The Balaban J connectivity index is 1.58. The number of rotatable bonds is 8. The number of alkyl halides is 3. The van der Waals surface area contributed by atoms with E-state index in [1.165, 1.54) is 12.1 Å². The molecule has 8 nitrogen and oxygen atoms in total. The first kappa shape index (κ1) is 24.6. The molecule has 0 aliphatic heterocycles. The van der Waals surface area contributed by atoms with Gasteiger partial charge >= 0.3 is 12.4 Å². The number of amides is 2. The Hall–Kier alpha value is -4.02. The van der Waals surface area contributed by atoms with E-state index < -0.39 is 12.4 Å². The van der Waals surface area contributed by atoms with Gasteiger partial charge in [0.25, 0.3) is 0 Å². The van der Waals surface area contributed by atoms with Gasteiger partial charge in [-0.25, -0.2) is 14.8 Å². The number of carbonyl (C=O) groups excluding carboxylic acids is 1. The predicted molar refractivity (Wildman–Crippen MR) is 126 cm³/mol.